The van der Waals surface area contributed by atoms with Crippen LogP contribution in [0.4, 0.5) is 0 Å². The zero-order chi connectivity index (χ0) is 13.7. The first-order valence-electron chi connectivity index (χ1n) is 6.66. The van der Waals surface area contributed by atoms with E-state index in [9.17, 15) is 9.59 Å². The number of carbonyl (C=O) groups is 2. The lowest BCUT2D eigenvalue weighted by Crippen LogP contribution is -2.38. The molecule has 0 amide bonds. The Bertz CT molecular complexity index is 305. The van der Waals surface area contributed by atoms with Crippen molar-refractivity contribution in [2.45, 2.75) is 46.2 Å². The van der Waals surface area contributed by atoms with E-state index in [-0.39, 0.29) is 29.8 Å². The Morgan fingerprint density at radius 2 is 1.61 bits per heavy atom. The Hall–Kier alpha value is -1.10. The maximum atomic E-state index is 11.9. The maximum absolute atomic E-state index is 11.9. The van der Waals surface area contributed by atoms with Gasteiger partial charge in [-0.3, -0.25) is 9.59 Å². The highest BCUT2D eigenvalue weighted by atomic mass is 16.5. The molecule has 0 radical (unpaired) electrons. The molecule has 1 N–H and O–H groups in total. The van der Waals surface area contributed by atoms with Gasteiger partial charge in [-0.15, -0.1) is 0 Å². The molecule has 0 aromatic carbocycles. The standard InChI is InChI=1S/C13H23NO4/c1-5-9-10(12(15)17-6-2)8(4)14-11(9)13(16)18-7-3/h8-11,14H,5-7H2,1-4H3. The molecule has 5 heteroatoms. The highest BCUT2D eigenvalue weighted by Crippen LogP contribution is 2.32. The number of rotatable bonds is 5. The van der Waals surface area contributed by atoms with E-state index in [1.54, 1.807) is 13.8 Å². The molecule has 0 aromatic rings. The molecule has 1 aliphatic rings. The molecular formula is C13H23NO4. The van der Waals surface area contributed by atoms with Gasteiger partial charge in [-0.25, -0.2) is 0 Å². The Morgan fingerprint density at radius 3 is 2.11 bits per heavy atom. The average Bonchev–Trinajstić information content (AvgIpc) is 2.66. The molecule has 0 aromatic heterocycles. The van der Waals surface area contributed by atoms with Crippen LogP contribution in [0.2, 0.25) is 0 Å². The summed E-state index contributed by atoms with van der Waals surface area (Å²) in [6, 6.07) is -0.470. The van der Waals surface area contributed by atoms with E-state index in [0.717, 1.165) is 6.42 Å². The zero-order valence-corrected chi connectivity index (χ0v) is 11.6. The van der Waals surface area contributed by atoms with Crippen LogP contribution in [0.3, 0.4) is 0 Å². The largest absolute Gasteiger partial charge is 0.466 e. The second-order valence-electron chi connectivity index (χ2n) is 4.53. The number of hydrogen-bond donors (Lipinski definition) is 1. The van der Waals surface area contributed by atoms with Crippen LogP contribution in [0, 0.1) is 11.8 Å². The second-order valence-corrected chi connectivity index (χ2v) is 4.53. The number of hydrogen-bond acceptors (Lipinski definition) is 5. The Kier molecular flexibility index (Phi) is 5.59. The predicted octanol–water partition coefficient (Wildman–Crippen LogP) is 1.12. The van der Waals surface area contributed by atoms with Crippen molar-refractivity contribution in [1.82, 2.24) is 5.32 Å². The fraction of sp³-hybridized carbons (Fsp3) is 0.846. The van der Waals surface area contributed by atoms with E-state index in [1.807, 2.05) is 13.8 Å². The van der Waals surface area contributed by atoms with Crippen molar-refractivity contribution in [1.29, 1.82) is 0 Å². The Morgan fingerprint density at radius 1 is 1.06 bits per heavy atom. The first-order valence-corrected chi connectivity index (χ1v) is 6.66. The molecule has 0 spiro atoms. The summed E-state index contributed by atoms with van der Waals surface area (Å²) in [4.78, 5) is 23.8. The van der Waals surface area contributed by atoms with Gasteiger partial charge in [-0.05, 0) is 26.7 Å². The van der Waals surface area contributed by atoms with E-state index < -0.39 is 6.04 Å². The van der Waals surface area contributed by atoms with Gasteiger partial charge in [0.2, 0.25) is 0 Å². The van der Waals surface area contributed by atoms with Gasteiger partial charge in [0.1, 0.15) is 6.04 Å². The quantitative estimate of drug-likeness (QED) is 0.748. The van der Waals surface area contributed by atoms with Crippen molar-refractivity contribution >= 4 is 11.9 Å². The van der Waals surface area contributed by atoms with E-state index >= 15 is 0 Å². The van der Waals surface area contributed by atoms with Crippen molar-refractivity contribution in [3.05, 3.63) is 0 Å². The smallest absolute Gasteiger partial charge is 0.323 e. The zero-order valence-electron chi connectivity index (χ0n) is 11.6. The lowest BCUT2D eigenvalue weighted by molar-refractivity contribution is -0.150. The van der Waals surface area contributed by atoms with Crippen molar-refractivity contribution in [3.63, 3.8) is 0 Å². The molecule has 18 heavy (non-hydrogen) atoms. The van der Waals surface area contributed by atoms with Crippen LogP contribution in [0.15, 0.2) is 0 Å². The van der Waals surface area contributed by atoms with Crippen molar-refractivity contribution < 1.29 is 19.1 Å². The molecule has 1 saturated heterocycles. The molecule has 1 fully saturated rings. The van der Waals surface area contributed by atoms with E-state index in [1.165, 1.54) is 0 Å². The van der Waals surface area contributed by atoms with Gasteiger partial charge in [-0.2, -0.15) is 0 Å². The molecule has 1 heterocycles. The van der Waals surface area contributed by atoms with Gasteiger partial charge in [0.15, 0.2) is 0 Å². The molecule has 4 unspecified atom stereocenters. The first-order chi connectivity index (χ1) is 8.56. The second kappa shape index (κ2) is 6.73. The van der Waals surface area contributed by atoms with Crippen LogP contribution in [0.25, 0.3) is 0 Å². The van der Waals surface area contributed by atoms with Crippen LogP contribution in [-0.2, 0) is 19.1 Å². The number of ether oxygens (including phenoxy) is 2. The summed E-state index contributed by atoms with van der Waals surface area (Å²) in [5, 5.41) is 3.15. The van der Waals surface area contributed by atoms with Gasteiger partial charge in [0.05, 0.1) is 19.1 Å². The van der Waals surface area contributed by atoms with Gasteiger partial charge in [-0.1, -0.05) is 13.3 Å². The monoisotopic (exact) mass is 257 g/mol. The third-order valence-electron chi connectivity index (χ3n) is 3.44. The van der Waals surface area contributed by atoms with E-state index in [2.05, 4.69) is 5.32 Å². The summed E-state index contributed by atoms with van der Waals surface area (Å²) in [5.41, 5.74) is 0. The lowest BCUT2D eigenvalue weighted by Gasteiger charge is -2.20. The summed E-state index contributed by atoms with van der Waals surface area (Å²) >= 11 is 0. The molecule has 5 nitrogen and oxygen atoms in total. The molecule has 4 atom stereocenters. The van der Waals surface area contributed by atoms with Crippen LogP contribution in [-0.4, -0.2) is 37.2 Å². The average molecular weight is 257 g/mol. The normalized spacial score (nSPS) is 31.1. The molecule has 1 rings (SSSR count). The number of nitrogens with one attached hydrogen (secondary N) is 1. The number of esters is 2. The van der Waals surface area contributed by atoms with Crippen LogP contribution in [0.5, 0.6) is 0 Å². The highest BCUT2D eigenvalue weighted by Gasteiger charge is 2.48. The Balaban J connectivity index is 2.81. The fourth-order valence-corrected chi connectivity index (χ4v) is 2.67. The molecule has 104 valence electrons. The van der Waals surface area contributed by atoms with Crippen LogP contribution in [0.1, 0.15) is 34.1 Å². The molecule has 0 bridgehead atoms. The number of carbonyl (C=O) groups excluding carboxylic acids is 2. The summed E-state index contributed by atoms with van der Waals surface area (Å²) in [5.74, 6) is -0.832. The molecule has 0 saturated carbocycles. The minimum atomic E-state index is -0.403. The summed E-state index contributed by atoms with van der Waals surface area (Å²) in [6.07, 6.45) is 0.740. The van der Waals surface area contributed by atoms with Crippen molar-refractivity contribution in [3.8, 4) is 0 Å². The third kappa shape index (κ3) is 3.02. The van der Waals surface area contributed by atoms with Gasteiger partial charge < -0.3 is 14.8 Å². The van der Waals surface area contributed by atoms with Crippen LogP contribution < -0.4 is 5.32 Å². The molecular weight excluding hydrogens is 234 g/mol. The van der Waals surface area contributed by atoms with Gasteiger partial charge in [0, 0.05) is 6.04 Å². The SMILES string of the molecule is CCOC(=O)C1NC(C)C(C(=O)OCC)C1CC. The van der Waals surface area contributed by atoms with Gasteiger partial charge in [0.25, 0.3) is 0 Å². The van der Waals surface area contributed by atoms with Crippen molar-refractivity contribution in [2.75, 3.05) is 13.2 Å². The maximum Gasteiger partial charge on any atom is 0.323 e. The highest BCUT2D eigenvalue weighted by molar-refractivity contribution is 5.81. The van der Waals surface area contributed by atoms with Crippen LogP contribution >= 0.6 is 0 Å². The first kappa shape index (κ1) is 15.0. The predicted molar refractivity (Wildman–Crippen MR) is 66.9 cm³/mol. The van der Waals surface area contributed by atoms with E-state index in [0.29, 0.717) is 13.2 Å². The summed E-state index contributed by atoms with van der Waals surface area (Å²) in [7, 11) is 0. The van der Waals surface area contributed by atoms with E-state index in [4.69, 9.17) is 9.47 Å². The lowest BCUT2D eigenvalue weighted by atomic mass is 9.85. The Labute approximate surface area is 108 Å². The molecule has 1 aliphatic heterocycles. The van der Waals surface area contributed by atoms with Gasteiger partial charge >= 0.3 is 11.9 Å². The topological polar surface area (TPSA) is 64.6 Å². The third-order valence-corrected chi connectivity index (χ3v) is 3.44. The molecule has 0 aliphatic carbocycles. The summed E-state index contributed by atoms with van der Waals surface area (Å²) in [6.45, 7) is 8.16. The fourth-order valence-electron chi connectivity index (χ4n) is 2.67. The van der Waals surface area contributed by atoms with Crippen molar-refractivity contribution in [2.24, 2.45) is 11.8 Å². The minimum absolute atomic E-state index is 0.0573. The minimum Gasteiger partial charge on any atom is -0.466 e. The summed E-state index contributed by atoms with van der Waals surface area (Å²) < 4.78 is 10.1.